The van der Waals surface area contributed by atoms with Crippen LogP contribution >= 0.6 is 39.0 Å². The van der Waals surface area contributed by atoms with Crippen LogP contribution in [0.2, 0.25) is 0 Å². The maximum absolute atomic E-state index is 10.7. The number of thiazole rings is 1. The van der Waals surface area contributed by atoms with Crippen LogP contribution in [0.4, 0.5) is 10.5 Å². The molecule has 8 heteroatoms. The van der Waals surface area contributed by atoms with Gasteiger partial charge in [-0.15, -0.1) is 23.1 Å². The second-order valence-electron chi connectivity index (χ2n) is 2.99. The van der Waals surface area contributed by atoms with Crippen molar-refractivity contribution in [2.24, 2.45) is 0 Å². The average Bonchev–Trinajstić information content (AvgIpc) is 2.67. The molecule has 0 unspecified atom stereocenters. The fraction of sp³-hybridized carbons (Fsp3) is 0.250. The molecule has 1 amide bonds. The van der Waals surface area contributed by atoms with Crippen molar-refractivity contribution in [1.29, 1.82) is 0 Å². The van der Waals surface area contributed by atoms with E-state index in [0.29, 0.717) is 11.4 Å². The summed E-state index contributed by atoms with van der Waals surface area (Å²) < 4.78 is 3.63. The van der Waals surface area contributed by atoms with Crippen molar-refractivity contribution < 1.29 is 9.90 Å². The molecule has 5 nitrogen and oxygen atoms in total. The monoisotopic (exact) mass is 321 g/mol. The number of aryl methyl sites for hydroxylation is 1. The summed E-state index contributed by atoms with van der Waals surface area (Å²) in [4.78, 5) is 11.5. The molecule has 0 saturated heterocycles. The van der Waals surface area contributed by atoms with E-state index in [0.717, 1.165) is 13.6 Å². The number of halogens is 1. The Morgan fingerprint density at radius 1 is 1.69 bits per heavy atom. The van der Waals surface area contributed by atoms with E-state index in [1.54, 1.807) is 23.2 Å². The lowest BCUT2D eigenvalue weighted by molar-refractivity contribution is 0.210. The number of aromatic nitrogens is 2. The number of carbonyl (C=O) groups is 1. The molecule has 0 saturated carbocycles. The van der Waals surface area contributed by atoms with Gasteiger partial charge in [-0.05, 0) is 29.1 Å². The molecule has 0 aliphatic heterocycles. The van der Waals surface area contributed by atoms with E-state index in [1.807, 2.05) is 6.26 Å². The molecule has 2 aromatic heterocycles. The molecule has 0 atom stereocenters. The van der Waals surface area contributed by atoms with E-state index >= 15 is 0 Å². The zero-order valence-corrected chi connectivity index (χ0v) is 11.7. The Hall–Kier alpha value is -0.730. The van der Waals surface area contributed by atoms with Gasteiger partial charge in [0.05, 0.1) is 9.90 Å². The summed E-state index contributed by atoms with van der Waals surface area (Å²) in [7, 11) is 0. The first-order valence-corrected chi connectivity index (χ1v) is 7.09. The number of thioether (sulfide) groups is 1. The van der Waals surface area contributed by atoms with Crippen molar-refractivity contribution in [2.45, 2.75) is 11.1 Å². The average molecular weight is 322 g/mol. The largest absolute Gasteiger partial charge is 0.465 e. The topological polar surface area (TPSA) is 66.6 Å². The van der Waals surface area contributed by atoms with Gasteiger partial charge in [0.2, 0.25) is 0 Å². The van der Waals surface area contributed by atoms with Gasteiger partial charge in [-0.3, -0.25) is 5.32 Å². The maximum Gasteiger partial charge on any atom is 0.409 e. The Kier molecular flexibility index (Phi) is 3.13. The molecular formula is C8H8BrN3O2S2. The minimum Gasteiger partial charge on any atom is -0.465 e. The van der Waals surface area contributed by atoms with Gasteiger partial charge in [-0.1, -0.05) is 0 Å². The van der Waals surface area contributed by atoms with Crippen molar-refractivity contribution >= 4 is 55.6 Å². The molecule has 2 aromatic rings. The fourth-order valence-corrected chi connectivity index (χ4v) is 4.12. The van der Waals surface area contributed by atoms with Crippen molar-refractivity contribution in [2.75, 3.05) is 11.6 Å². The maximum atomic E-state index is 10.7. The molecular weight excluding hydrogens is 314 g/mol. The first-order valence-electron chi connectivity index (χ1n) is 4.26. The van der Waals surface area contributed by atoms with Gasteiger partial charge in [0.1, 0.15) is 15.1 Å². The molecule has 0 spiro atoms. The Labute approximate surface area is 108 Å². The molecule has 2 rings (SSSR count). The Balaban J connectivity index is 2.63. The highest BCUT2D eigenvalue weighted by atomic mass is 79.9. The Bertz CT molecular complexity index is 563. The predicted octanol–water partition coefficient (Wildman–Crippen LogP) is 3.28. The summed E-state index contributed by atoms with van der Waals surface area (Å²) in [5.41, 5.74) is 1.22. The van der Waals surface area contributed by atoms with Crippen LogP contribution in [0.3, 0.4) is 0 Å². The Morgan fingerprint density at radius 3 is 2.94 bits per heavy atom. The highest BCUT2D eigenvalue weighted by Gasteiger charge is 2.18. The molecule has 16 heavy (non-hydrogen) atoms. The molecule has 2 heterocycles. The first kappa shape index (κ1) is 11.7. The van der Waals surface area contributed by atoms with E-state index in [4.69, 9.17) is 5.11 Å². The molecule has 2 N–H and O–H groups in total. The third kappa shape index (κ3) is 1.80. The highest BCUT2D eigenvalue weighted by molar-refractivity contribution is 9.10. The second-order valence-corrected chi connectivity index (χ2v) is 5.82. The number of nitrogens with one attached hydrogen (secondary N) is 1. The number of rotatable bonds is 2. The number of hydrogen-bond donors (Lipinski definition) is 2. The summed E-state index contributed by atoms with van der Waals surface area (Å²) in [5, 5.41) is 15.4. The lowest BCUT2D eigenvalue weighted by Crippen LogP contribution is -2.07. The molecule has 0 bridgehead atoms. The number of nitrogens with zero attached hydrogens (tertiary/aromatic N) is 2. The number of carboxylic acid groups (broad SMARTS) is 1. The van der Waals surface area contributed by atoms with Crippen LogP contribution in [-0.2, 0) is 0 Å². The molecule has 86 valence electrons. The first-order chi connectivity index (χ1) is 7.54. The van der Waals surface area contributed by atoms with Gasteiger partial charge in [-0.25, -0.2) is 9.31 Å². The second kappa shape index (κ2) is 4.27. The molecule has 0 aliphatic rings. The standard InChI is InChI=1S/C8H8BrN3O2S2/c1-3-4(10-8(13)14)6-12(11-3)5(9)7(15-2)16-6/h10H,1-2H3,(H,13,14). The van der Waals surface area contributed by atoms with Gasteiger partial charge in [0, 0.05) is 0 Å². The zero-order valence-electron chi connectivity index (χ0n) is 8.44. The molecule has 0 fully saturated rings. The van der Waals surface area contributed by atoms with E-state index in [9.17, 15) is 4.79 Å². The summed E-state index contributed by atoms with van der Waals surface area (Å²) >= 11 is 6.54. The van der Waals surface area contributed by atoms with Gasteiger partial charge in [-0.2, -0.15) is 5.10 Å². The van der Waals surface area contributed by atoms with Gasteiger partial charge in [0.25, 0.3) is 0 Å². The number of amides is 1. The third-order valence-electron chi connectivity index (χ3n) is 1.98. The minimum absolute atomic E-state index is 0.554. The quantitative estimate of drug-likeness (QED) is 0.833. The highest BCUT2D eigenvalue weighted by Crippen LogP contribution is 2.38. The molecule has 0 radical (unpaired) electrons. The van der Waals surface area contributed by atoms with E-state index < -0.39 is 6.09 Å². The summed E-state index contributed by atoms with van der Waals surface area (Å²) in [6, 6.07) is 0. The van der Waals surface area contributed by atoms with Gasteiger partial charge < -0.3 is 5.11 Å². The van der Waals surface area contributed by atoms with Crippen molar-refractivity contribution in [3.63, 3.8) is 0 Å². The van der Waals surface area contributed by atoms with Crippen LogP contribution in [0.1, 0.15) is 5.69 Å². The van der Waals surface area contributed by atoms with Crippen LogP contribution in [0.15, 0.2) is 8.81 Å². The van der Waals surface area contributed by atoms with Crippen molar-refractivity contribution in [3.8, 4) is 0 Å². The number of fused-ring (bicyclic) bond motifs is 1. The predicted molar refractivity (Wildman–Crippen MR) is 68.9 cm³/mol. The van der Waals surface area contributed by atoms with Gasteiger partial charge >= 0.3 is 6.09 Å². The van der Waals surface area contributed by atoms with E-state index in [1.165, 1.54) is 11.3 Å². The van der Waals surface area contributed by atoms with Crippen LogP contribution < -0.4 is 5.32 Å². The summed E-state index contributed by atoms with van der Waals surface area (Å²) in [5.74, 6) is 0. The van der Waals surface area contributed by atoms with E-state index in [2.05, 4.69) is 26.3 Å². The van der Waals surface area contributed by atoms with Gasteiger partial charge in [0.15, 0.2) is 0 Å². The smallest absolute Gasteiger partial charge is 0.409 e. The SMILES string of the molecule is CSc1sc2c(NC(=O)O)c(C)nn2c1Br. The fourth-order valence-electron chi connectivity index (χ4n) is 1.33. The van der Waals surface area contributed by atoms with E-state index in [-0.39, 0.29) is 0 Å². The number of anilines is 1. The molecule has 0 aliphatic carbocycles. The zero-order chi connectivity index (χ0) is 11.9. The van der Waals surface area contributed by atoms with Crippen molar-refractivity contribution in [3.05, 3.63) is 10.3 Å². The summed E-state index contributed by atoms with van der Waals surface area (Å²) in [6.07, 6.45) is 0.890. The normalized spacial score (nSPS) is 10.9. The van der Waals surface area contributed by atoms with Crippen molar-refractivity contribution in [1.82, 2.24) is 9.61 Å². The third-order valence-corrected chi connectivity index (χ3v) is 5.50. The lowest BCUT2D eigenvalue weighted by Gasteiger charge is -1.96. The van der Waals surface area contributed by atoms with Crippen LogP contribution in [0, 0.1) is 6.92 Å². The minimum atomic E-state index is -1.08. The lowest BCUT2D eigenvalue weighted by atomic mass is 10.4. The Morgan fingerprint density at radius 2 is 2.38 bits per heavy atom. The van der Waals surface area contributed by atoms with Crippen LogP contribution in [0.5, 0.6) is 0 Å². The number of hydrogen-bond acceptors (Lipinski definition) is 4. The van der Waals surface area contributed by atoms with Crippen LogP contribution in [-0.4, -0.2) is 27.1 Å². The summed E-state index contributed by atoms with van der Waals surface area (Å²) in [6.45, 7) is 1.77. The van der Waals surface area contributed by atoms with Crippen LogP contribution in [0.25, 0.3) is 4.83 Å². The molecule has 0 aromatic carbocycles.